The second-order valence-electron chi connectivity index (χ2n) is 4.93. The van der Waals surface area contributed by atoms with Crippen LogP contribution in [0.25, 0.3) is 0 Å². The molecular weight excluding hydrogens is 244 g/mol. The second kappa shape index (κ2) is 4.70. The smallest absolute Gasteiger partial charge is 0.262 e. The molecule has 5 heteroatoms. The van der Waals surface area contributed by atoms with Crippen LogP contribution in [0.1, 0.15) is 33.6 Å². The molecule has 0 heterocycles. The fourth-order valence-electron chi connectivity index (χ4n) is 2.27. The van der Waals surface area contributed by atoms with Crippen molar-refractivity contribution < 1.29 is 12.6 Å². The lowest BCUT2D eigenvalue weighted by molar-refractivity contribution is 0.196. The van der Waals surface area contributed by atoms with Crippen LogP contribution < -0.4 is 0 Å². The molecule has 0 amide bonds. The monoisotopic (exact) mass is 264 g/mol. The average molecular weight is 264 g/mol. The fraction of sp³-hybridized carbons (Fsp3) is 0.818. The van der Waals surface area contributed by atoms with Crippen molar-refractivity contribution in [1.82, 2.24) is 0 Å². The van der Waals surface area contributed by atoms with Gasteiger partial charge in [0.1, 0.15) is 0 Å². The first-order valence-electron chi connectivity index (χ1n) is 5.31. The third kappa shape index (κ3) is 3.25. The summed E-state index contributed by atoms with van der Waals surface area (Å²) in [4.78, 5) is 1.26. The Morgan fingerprint density at radius 3 is 2.44 bits per heavy atom. The Bertz CT molecular complexity index is 393. The molecule has 0 saturated heterocycles. The van der Waals surface area contributed by atoms with Gasteiger partial charge in [-0.1, -0.05) is 13.8 Å². The standard InChI is InChI=1S/C11H20O3S2/c1-8-9(14-16(5,12)13)6-7-11(2,3)10(8)15-4/h9H,6-7H2,1-5H3. The van der Waals surface area contributed by atoms with Crippen LogP contribution in [0.15, 0.2) is 10.5 Å². The minimum absolute atomic E-state index is 0.140. The third-order valence-electron chi connectivity index (χ3n) is 2.98. The van der Waals surface area contributed by atoms with Gasteiger partial charge in [-0.2, -0.15) is 8.42 Å². The van der Waals surface area contributed by atoms with Gasteiger partial charge >= 0.3 is 0 Å². The molecule has 1 aliphatic rings. The Hall–Kier alpha value is -0.0000000000000000555. The van der Waals surface area contributed by atoms with Gasteiger partial charge in [-0.15, -0.1) is 11.8 Å². The van der Waals surface area contributed by atoms with E-state index < -0.39 is 10.1 Å². The molecule has 0 aromatic carbocycles. The fourth-order valence-corrected chi connectivity index (χ4v) is 4.04. The molecule has 0 aromatic heterocycles. The van der Waals surface area contributed by atoms with E-state index in [0.29, 0.717) is 0 Å². The summed E-state index contributed by atoms with van der Waals surface area (Å²) in [6, 6.07) is 0. The van der Waals surface area contributed by atoms with E-state index in [4.69, 9.17) is 4.18 Å². The molecule has 0 N–H and O–H groups in total. The summed E-state index contributed by atoms with van der Waals surface area (Å²) in [5, 5.41) is 0. The molecule has 1 aliphatic carbocycles. The number of hydrogen-bond donors (Lipinski definition) is 0. The number of thioether (sulfide) groups is 1. The zero-order chi connectivity index (χ0) is 12.6. The summed E-state index contributed by atoms with van der Waals surface area (Å²) in [7, 11) is -3.37. The Balaban J connectivity index is 3.02. The Morgan fingerprint density at radius 2 is 2.00 bits per heavy atom. The van der Waals surface area contributed by atoms with Crippen molar-refractivity contribution in [3.8, 4) is 0 Å². The molecule has 1 unspecified atom stereocenters. The van der Waals surface area contributed by atoms with Gasteiger partial charge in [0.2, 0.25) is 0 Å². The quantitative estimate of drug-likeness (QED) is 0.735. The third-order valence-corrected chi connectivity index (χ3v) is 4.85. The van der Waals surface area contributed by atoms with Crippen LogP contribution >= 0.6 is 11.8 Å². The van der Waals surface area contributed by atoms with Gasteiger partial charge in [0.25, 0.3) is 10.1 Å². The lowest BCUT2D eigenvalue weighted by atomic mass is 9.78. The van der Waals surface area contributed by atoms with Crippen molar-refractivity contribution in [3.05, 3.63) is 10.5 Å². The first-order chi connectivity index (χ1) is 7.17. The molecule has 1 atom stereocenters. The lowest BCUT2D eigenvalue weighted by Crippen LogP contribution is -2.30. The van der Waals surface area contributed by atoms with Gasteiger partial charge in [0.05, 0.1) is 12.4 Å². The summed E-state index contributed by atoms with van der Waals surface area (Å²) in [6.45, 7) is 6.36. The van der Waals surface area contributed by atoms with Crippen LogP contribution in [0.2, 0.25) is 0 Å². The zero-order valence-corrected chi connectivity index (χ0v) is 12.2. The van der Waals surface area contributed by atoms with Crippen molar-refractivity contribution >= 4 is 21.9 Å². The van der Waals surface area contributed by atoms with Crippen LogP contribution in [0.4, 0.5) is 0 Å². The van der Waals surface area contributed by atoms with Gasteiger partial charge in [-0.05, 0) is 41.9 Å². The molecule has 16 heavy (non-hydrogen) atoms. The predicted octanol–water partition coefficient (Wildman–Crippen LogP) is 2.79. The van der Waals surface area contributed by atoms with Gasteiger partial charge in [0.15, 0.2) is 0 Å². The summed E-state index contributed by atoms with van der Waals surface area (Å²) in [5.74, 6) is 0. The van der Waals surface area contributed by atoms with E-state index in [1.807, 2.05) is 13.2 Å². The maximum atomic E-state index is 11.1. The topological polar surface area (TPSA) is 43.4 Å². The minimum atomic E-state index is -3.37. The van der Waals surface area contributed by atoms with Gasteiger partial charge in [-0.25, -0.2) is 0 Å². The number of hydrogen-bond acceptors (Lipinski definition) is 4. The molecule has 0 saturated carbocycles. The van der Waals surface area contributed by atoms with Gasteiger partial charge in [-0.3, -0.25) is 4.18 Å². The summed E-state index contributed by atoms with van der Waals surface area (Å²) >= 11 is 1.70. The van der Waals surface area contributed by atoms with E-state index >= 15 is 0 Å². The second-order valence-corrected chi connectivity index (χ2v) is 7.35. The highest BCUT2D eigenvalue weighted by atomic mass is 32.2. The zero-order valence-electron chi connectivity index (χ0n) is 10.5. The summed E-state index contributed by atoms with van der Waals surface area (Å²) in [6.07, 6.45) is 4.60. The Labute approximate surface area is 103 Å². The highest BCUT2D eigenvalue weighted by Crippen LogP contribution is 2.45. The molecule has 0 bridgehead atoms. The molecule has 1 rings (SSSR count). The Kier molecular flexibility index (Phi) is 4.13. The van der Waals surface area contributed by atoms with Crippen molar-refractivity contribution in [1.29, 1.82) is 0 Å². The molecular formula is C11H20O3S2. The van der Waals surface area contributed by atoms with Gasteiger partial charge in [0, 0.05) is 0 Å². The SMILES string of the molecule is CSC1=C(C)C(OS(C)(=O)=O)CCC1(C)C. The van der Waals surface area contributed by atoms with E-state index in [2.05, 4.69) is 13.8 Å². The maximum Gasteiger partial charge on any atom is 0.264 e. The normalized spacial score (nSPS) is 25.9. The highest BCUT2D eigenvalue weighted by Gasteiger charge is 2.34. The average Bonchev–Trinajstić information content (AvgIpc) is 2.09. The maximum absolute atomic E-state index is 11.1. The summed E-state index contributed by atoms with van der Waals surface area (Å²) < 4.78 is 27.4. The van der Waals surface area contributed by atoms with Crippen LogP contribution in [-0.4, -0.2) is 27.0 Å². The van der Waals surface area contributed by atoms with E-state index in [-0.39, 0.29) is 11.5 Å². The molecule has 94 valence electrons. The van der Waals surface area contributed by atoms with Crippen molar-refractivity contribution in [2.45, 2.75) is 39.7 Å². The van der Waals surface area contributed by atoms with Crippen LogP contribution in [0, 0.1) is 5.41 Å². The number of rotatable bonds is 3. The Morgan fingerprint density at radius 1 is 1.44 bits per heavy atom. The minimum Gasteiger partial charge on any atom is -0.262 e. The lowest BCUT2D eigenvalue weighted by Gasteiger charge is -2.36. The largest absolute Gasteiger partial charge is 0.264 e. The van der Waals surface area contributed by atoms with Crippen LogP contribution in [0.3, 0.4) is 0 Å². The molecule has 0 aromatic rings. The first-order valence-corrected chi connectivity index (χ1v) is 8.35. The van der Waals surface area contributed by atoms with Crippen molar-refractivity contribution in [2.75, 3.05) is 12.5 Å². The van der Waals surface area contributed by atoms with E-state index in [0.717, 1.165) is 24.7 Å². The number of allylic oxidation sites excluding steroid dienone is 1. The molecule has 3 nitrogen and oxygen atoms in total. The van der Waals surface area contributed by atoms with E-state index in [9.17, 15) is 8.42 Å². The van der Waals surface area contributed by atoms with Gasteiger partial charge < -0.3 is 0 Å². The van der Waals surface area contributed by atoms with Crippen molar-refractivity contribution in [3.63, 3.8) is 0 Å². The summed E-state index contributed by atoms with van der Waals surface area (Å²) in [5.41, 5.74) is 1.20. The van der Waals surface area contributed by atoms with Crippen molar-refractivity contribution in [2.24, 2.45) is 5.41 Å². The van der Waals surface area contributed by atoms with E-state index in [1.165, 1.54) is 4.91 Å². The van der Waals surface area contributed by atoms with Crippen LogP contribution in [-0.2, 0) is 14.3 Å². The molecule has 0 aliphatic heterocycles. The first kappa shape index (κ1) is 14.1. The molecule has 0 fully saturated rings. The molecule has 0 radical (unpaired) electrons. The molecule has 0 spiro atoms. The predicted molar refractivity (Wildman–Crippen MR) is 68.9 cm³/mol. The highest BCUT2D eigenvalue weighted by molar-refractivity contribution is 8.02. The van der Waals surface area contributed by atoms with Crippen LogP contribution in [0.5, 0.6) is 0 Å². The van der Waals surface area contributed by atoms with E-state index in [1.54, 1.807) is 11.8 Å².